The summed E-state index contributed by atoms with van der Waals surface area (Å²) in [6.07, 6.45) is 3.95. The van der Waals surface area contributed by atoms with E-state index in [1.165, 1.54) is 43.5 Å². The summed E-state index contributed by atoms with van der Waals surface area (Å²) in [6.45, 7) is 9.45. The van der Waals surface area contributed by atoms with Crippen LogP contribution in [0, 0.1) is 20.8 Å². The third kappa shape index (κ3) is 5.33. The van der Waals surface area contributed by atoms with Gasteiger partial charge in [0.1, 0.15) is 5.75 Å². The molecular weight excluding hydrogens is 336 g/mol. The molecule has 0 atom stereocenters. The Morgan fingerprint density at radius 1 is 0.963 bits per heavy atom. The van der Waals surface area contributed by atoms with E-state index in [0.29, 0.717) is 0 Å². The van der Waals surface area contributed by atoms with Gasteiger partial charge in [0.05, 0.1) is 0 Å². The first-order chi connectivity index (χ1) is 13.0. The highest BCUT2D eigenvalue weighted by Crippen LogP contribution is 2.25. The normalized spacial score (nSPS) is 14.8. The van der Waals surface area contributed by atoms with Gasteiger partial charge in [0.15, 0.2) is 6.61 Å². The molecule has 1 fully saturated rings. The van der Waals surface area contributed by atoms with E-state index in [1.807, 2.05) is 39.0 Å². The topological polar surface area (TPSA) is 41.6 Å². The summed E-state index contributed by atoms with van der Waals surface area (Å²) in [5.41, 5.74) is 5.40. The molecule has 27 heavy (non-hydrogen) atoms. The monoisotopic (exact) mass is 366 g/mol. The summed E-state index contributed by atoms with van der Waals surface area (Å²) >= 11 is 0. The third-order valence-corrected chi connectivity index (χ3v) is 5.31. The number of likely N-dealkylation sites (tertiary alicyclic amines) is 1. The van der Waals surface area contributed by atoms with Crippen LogP contribution in [0.5, 0.6) is 5.75 Å². The first-order valence-corrected chi connectivity index (χ1v) is 9.83. The van der Waals surface area contributed by atoms with Crippen LogP contribution in [-0.4, -0.2) is 30.5 Å². The first kappa shape index (κ1) is 19.4. The smallest absolute Gasteiger partial charge is 0.262 e. The zero-order valence-corrected chi connectivity index (χ0v) is 16.7. The highest BCUT2D eigenvalue weighted by Gasteiger charge is 2.11. The fraction of sp³-hybridized carbons (Fsp3) is 0.435. The molecule has 0 radical (unpaired) electrons. The number of piperidine rings is 1. The molecule has 0 saturated carbocycles. The molecule has 1 heterocycles. The zero-order chi connectivity index (χ0) is 19.2. The van der Waals surface area contributed by atoms with Crippen LogP contribution in [0.25, 0.3) is 0 Å². The van der Waals surface area contributed by atoms with Crippen molar-refractivity contribution in [2.24, 2.45) is 0 Å². The molecule has 4 heteroatoms. The number of amides is 1. The van der Waals surface area contributed by atoms with Crippen LogP contribution in [0.3, 0.4) is 0 Å². The molecule has 1 N–H and O–H groups in total. The molecule has 0 bridgehead atoms. The largest absolute Gasteiger partial charge is 0.483 e. The molecule has 0 aliphatic carbocycles. The molecule has 3 rings (SSSR count). The van der Waals surface area contributed by atoms with E-state index in [-0.39, 0.29) is 12.5 Å². The molecule has 1 amide bonds. The van der Waals surface area contributed by atoms with Crippen LogP contribution >= 0.6 is 0 Å². The van der Waals surface area contributed by atoms with Crippen LogP contribution in [0.2, 0.25) is 0 Å². The minimum absolute atomic E-state index is 0.0145. The van der Waals surface area contributed by atoms with Gasteiger partial charge < -0.3 is 10.1 Å². The standard InChI is InChI=1S/C23H30N2O2/c1-17-7-8-18(2)23(19(17)3)27-16-22(26)24-21-11-9-20(10-12-21)15-25-13-5-4-6-14-25/h7-12H,4-6,13-16H2,1-3H3,(H,24,26). The third-order valence-electron chi connectivity index (χ3n) is 5.31. The van der Waals surface area contributed by atoms with Gasteiger partial charge >= 0.3 is 0 Å². The summed E-state index contributed by atoms with van der Waals surface area (Å²) in [5, 5.41) is 2.92. The van der Waals surface area contributed by atoms with Crippen molar-refractivity contribution in [3.05, 3.63) is 58.7 Å². The Labute approximate surface area is 162 Å². The van der Waals surface area contributed by atoms with Crippen molar-refractivity contribution in [2.75, 3.05) is 25.0 Å². The second-order valence-electron chi connectivity index (χ2n) is 7.52. The summed E-state index contributed by atoms with van der Waals surface area (Å²) in [5.74, 6) is 0.668. The van der Waals surface area contributed by atoms with E-state index in [1.54, 1.807) is 0 Å². The van der Waals surface area contributed by atoms with Crippen LogP contribution in [0.4, 0.5) is 5.69 Å². The van der Waals surface area contributed by atoms with Gasteiger partial charge in [0.25, 0.3) is 5.91 Å². The molecule has 2 aromatic carbocycles. The quantitative estimate of drug-likeness (QED) is 0.811. The fourth-order valence-corrected chi connectivity index (χ4v) is 3.55. The Morgan fingerprint density at radius 3 is 2.33 bits per heavy atom. The highest BCUT2D eigenvalue weighted by molar-refractivity contribution is 5.91. The molecule has 4 nitrogen and oxygen atoms in total. The van der Waals surface area contributed by atoms with Crippen molar-refractivity contribution in [1.29, 1.82) is 0 Å². The number of carbonyl (C=O) groups is 1. The van der Waals surface area contributed by atoms with Gasteiger partial charge in [-0.15, -0.1) is 0 Å². The lowest BCUT2D eigenvalue weighted by molar-refractivity contribution is -0.118. The zero-order valence-electron chi connectivity index (χ0n) is 16.7. The van der Waals surface area contributed by atoms with Gasteiger partial charge in [-0.2, -0.15) is 0 Å². The average Bonchev–Trinajstić information content (AvgIpc) is 2.67. The summed E-state index contributed by atoms with van der Waals surface area (Å²) in [4.78, 5) is 14.7. The van der Waals surface area contributed by atoms with E-state index in [2.05, 4.69) is 28.4 Å². The second kappa shape index (κ2) is 9.05. The van der Waals surface area contributed by atoms with Crippen LogP contribution in [0.15, 0.2) is 36.4 Å². The molecule has 1 saturated heterocycles. The number of hydrogen-bond donors (Lipinski definition) is 1. The Balaban J connectivity index is 1.51. The molecule has 0 spiro atoms. The minimum atomic E-state index is -0.140. The average molecular weight is 367 g/mol. The Morgan fingerprint density at radius 2 is 1.63 bits per heavy atom. The van der Waals surface area contributed by atoms with E-state index in [0.717, 1.165) is 29.1 Å². The van der Waals surface area contributed by atoms with Crippen molar-refractivity contribution >= 4 is 11.6 Å². The second-order valence-corrected chi connectivity index (χ2v) is 7.52. The van der Waals surface area contributed by atoms with E-state index < -0.39 is 0 Å². The molecule has 0 aromatic heterocycles. The molecule has 1 aliphatic heterocycles. The lowest BCUT2D eigenvalue weighted by atomic mass is 10.1. The van der Waals surface area contributed by atoms with Crippen molar-refractivity contribution in [3.63, 3.8) is 0 Å². The first-order valence-electron chi connectivity index (χ1n) is 9.83. The van der Waals surface area contributed by atoms with E-state index in [9.17, 15) is 4.79 Å². The SMILES string of the molecule is Cc1ccc(C)c(OCC(=O)Nc2ccc(CN3CCCCC3)cc2)c1C. The predicted molar refractivity (Wildman–Crippen MR) is 110 cm³/mol. The molecule has 0 unspecified atom stereocenters. The molecule has 144 valence electrons. The number of rotatable bonds is 6. The number of nitrogens with one attached hydrogen (secondary N) is 1. The number of nitrogens with zero attached hydrogens (tertiary/aromatic N) is 1. The maximum Gasteiger partial charge on any atom is 0.262 e. The highest BCUT2D eigenvalue weighted by atomic mass is 16.5. The van der Waals surface area contributed by atoms with Crippen LogP contribution in [-0.2, 0) is 11.3 Å². The van der Waals surface area contributed by atoms with E-state index >= 15 is 0 Å². The summed E-state index contributed by atoms with van der Waals surface area (Å²) < 4.78 is 5.79. The molecule has 2 aromatic rings. The number of carbonyl (C=O) groups excluding carboxylic acids is 1. The molecular formula is C23H30N2O2. The summed E-state index contributed by atoms with van der Waals surface area (Å²) in [6, 6.07) is 12.2. The fourth-order valence-electron chi connectivity index (χ4n) is 3.55. The lowest BCUT2D eigenvalue weighted by Crippen LogP contribution is -2.29. The van der Waals surface area contributed by atoms with Crippen LogP contribution < -0.4 is 10.1 Å². The van der Waals surface area contributed by atoms with Gasteiger partial charge in [-0.25, -0.2) is 0 Å². The number of anilines is 1. The van der Waals surface area contributed by atoms with Crippen molar-refractivity contribution in [1.82, 2.24) is 4.90 Å². The number of ether oxygens (including phenoxy) is 1. The Hall–Kier alpha value is -2.33. The lowest BCUT2D eigenvalue weighted by Gasteiger charge is -2.26. The number of benzene rings is 2. The Kier molecular flexibility index (Phi) is 6.51. The summed E-state index contributed by atoms with van der Waals surface area (Å²) in [7, 11) is 0. The molecule has 1 aliphatic rings. The van der Waals surface area contributed by atoms with Gasteiger partial charge in [-0.3, -0.25) is 9.69 Å². The van der Waals surface area contributed by atoms with Crippen molar-refractivity contribution in [2.45, 2.75) is 46.6 Å². The maximum absolute atomic E-state index is 12.3. The van der Waals surface area contributed by atoms with E-state index in [4.69, 9.17) is 4.74 Å². The van der Waals surface area contributed by atoms with Gasteiger partial charge in [-0.1, -0.05) is 30.7 Å². The van der Waals surface area contributed by atoms with Crippen molar-refractivity contribution < 1.29 is 9.53 Å². The van der Waals surface area contributed by atoms with Gasteiger partial charge in [0, 0.05) is 12.2 Å². The van der Waals surface area contributed by atoms with Crippen molar-refractivity contribution in [3.8, 4) is 5.75 Å². The van der Waals surface area contributed by atoms with Crippen LogP contribution in [0.1, 0.15) is 41.5 Å². The predicted octanol–water partition coefficient (Wildman–Crippen LogP) is 4.62. The van der Waals surface area contributed by atoms with Gasteiger partial charge in [0.2, 0.25) is 0 Å². The number of hydrogen-bond acceptors (Lipinski definition) is 3. The van der Waals surface area contributed by atoms with Gasteiger partial charge in [-0.05, 0) is 81.1 Å². The number of aryl methyl sites for hydroxylation is 2. The minimum Gasteiger partial charge on any atom is -0.483 e. The Bertz CT molecular complexity index is 778. The maximum atomic E-state index is 12.3.